The standard InChI is InChI=1S/C26H28N2O5/c1-26(2,3)33-25(32)27-15-9-14-20(27)22(29)21(16-17-10-5-4-6-11-17)28-23(30)18-12-7-8-13-19(18)24(28)31/h4-8,10-13,20-21H,9,14-16H2,1-3H3/t20?,21-/m0/s1. The fourth-order valence-corrected chi connectivity index (χ4v) is 4.47. The van der Waals surface area contributed by atoms with Crippen molar-refractivity contribution in [1.29, 1.82) is 0 Å². The van der Waals surface area contributed by atoms with Crippen molar-refractivity contribution in [3.8, 4) is 0 Å². The second-order valence-electron chi connectivity index (χ2n) is 9.47. The van der Waals surface area contributed by atoms with E-state index >= 15 is 0 Å². The van der Waals surface area contributed by atoms with Crippen molar-refractivity contribution in [3.63, 3.8) is 0 Å². The average Bonchev–Trinajstić information content (AvgIpc) is 3.36. The Morgan fingerprint density at radius 2 is 1.55 bits per heavy atom. The molecular weight excluding hydrogens is 420 g/mol. The zero-order chi connectivity index (χ0) is 23.8. The largest absolute Gasteiger partial charge is 0.444 e. The number of ether oxygens (including phenoxy) is 1. The van der Waals surface area contributed by atoms with Gasteiger partial charge < -0.3 is 4.74 Å². The quantitative estimate of drug-likeness (QED) is 0.649. The van der Waals surface area contributed by atoms with E-state index in [0.717, 1.165) is 10.5 Å². The molecule has 1 unspecified atom stereocenters. The lowest BCUT2D eigenvalue weighted by atomic mass is 9.95. The predicted molar refractivity (Wildman–Crippen MR) is 122 cm³/mol. The number of amides is 3. The molecule has 7 nitrogen and oxygen atoms in total. The molecule has 0 bridgehead atoms. The lowest BCUT2D eigenvalue weighted by Crippen LogP contribution is -2.53. The number of nitrogens with zero attached hydrogens (tertiary/aromatic N) is 2. The molecule has 1 saturated heterocycles. The van der Waals surface area contributed by atoms with Gasteiger partial charge in [-0.05, 0) is 51.3 Å². The summed E-state index contributed by atoms with van der Waals surface area (Å²) in [6.45, 7) is 5.71. The smallest absolute Gasteiger partial charge is 0.410 e. The van der Waals surface area contributed by atoms with Gasteiger partial charge >= 0.3 is 6.09 Å². The maximum absolute atomic E-state index is 13.9. The van der Waals surface area contributed by atoms with Crippen LogP contribution in [0.4, 0.5) is 4.79 Å². The van der Waals surface area contributed by atoms with Gasteiger partial charge in [0.1, 0.15) is 11.6 Å². The number of carbonyl (C=O) groups excluding carboxylic acids is 4. The van der Waals surface area contributed by atoms with Gasteiger partial charge in [-0.3, -0.25) is 24.2 Å². The van der Waals surface area contributed by atoms with Crippen molar-refractivity contribution >= 4 is 23.7 Å². The lowest BCUT2D eigenvalue weighted by molar-refractivity contribution is -0.127. The lowest BCUT2D eigenvalue weighted by Gasteiger charge is -2.32. The van der Waals surface area contributed by atoms with Crippen LogP contribution < -0.4 is 0 Å². The number of rotatable bonds is 5. The summed E-state index contributed by atoms with van der Waals surface area (Å²) in [6.07, 6.45) is 0.741. The Hall–Kier alpha value is -3.48. The Labute approximate surface area is 193 Å². The molecule has 2 aliphatic heterocycles. The fourth-order valence-electron chi connectivity index (χ4n) is 4.47. The first-order valence-corrected chi connectivity index (χ1v) is 11.2. The minimum absolute atomic E-state index is 0.184. The first-order valence-electron chi connectivity index (χ1n) is 11.2. The number of hydrogen-bond donors (Lipinski definition) is 0. The molecule has 4 rings (SSSR count). The summed E-state index contributed by atoms with van der Waals surface area (Å²) < 4.78 is 5.51. The molecule has 3 amide bonds. The number of imide groups is 1. The molecule has 0 aliphatic carbocycles. The van der Waals surface area contributed by atoms with E-state index < -0.39 is 35.6 Å². The van der Waals surface area contributed by atoms with Gasteiger partial charge in [-0.25, -0.2) is 4.79 Å². The minimum atomic E-state index is -1.02. The third-order valence-electron chi connectivity index (χ3n) is 5.95. The molecule has 0 saturated carbocycles. The van der Waals surface area contributed by atoms with Crippen molar-refractivity contribution in [2.45, 2.75) is 57.7 Å². The highest BCUT2D eigenvalue weighted by Crippen LogP contribution is 2.30. The third-order valence-corrected chi connectivity index (χ3v) is 5.95. The van der Waals surface area contributed by atoms with Gasteiger partial charge in [-0.2, -0.15) is 0 Å². The van der Waals surface area contributed by atoms with E-state index in [1.54, 1.807) is 45.0 Å². The number of benzene rings is 2. The summed E-state index contributed by atoms with van der Waals surface area (Å²) in [4.78, 5) is 55.6. The van der Waals surface area contributed by atoms with Crippen LogP contribution in [0.3, 0.4) is 0 Å². The molecule has 0 aromatic heterocycles. The molecule has 1 fully saturated rings. The zero-order valence-electron chi connectivity index (χ0n) is 19.1. The van der Waals surface area contributed by atoms with E-state index in [0.29, 0.717) is 30.5 Å². The Balaban J connectivity index is 1.67. The van der Waals surface area contributed by atoms with Crippen LogP contribution in [0.5, 0.6) is 0 Å². The number of fused-ring (bicyclic) bond motifs is 1. The van der Waals surface area contributed by atoms with Crippen molar-refractivity contribution in [2.24, 2.45) is 0 Å². The van der Waals surface area contributed by atoms with Gasteiger partial charge in [0.05, 0.1) is 17.2 Å². The number of likely N-dealkylation sites (tertiary alicyclic amines) is 1. The highest BCUT2D eigenvalue weighted by Gasteiger charge is 2.47. The second-order valence-corrected chi connectivity index (χ2v) is 9.47. The van der Waals surface area contributed by atoms with Crippen LogP contribution in [-0.4, -0.2) is 57.7 Å². The van der Waals surface area contributed by atoms with Crippen molar-refractivity contribution < 1.29 is 23.9 Å². The highest BCUT2D eigenvalue weighted by atomic mass is 16.6. The van der Waals surface area contributed by atoms with Crippen molar-refractivity contribution in [3.05, 3.63) is 71.3 Å². The molecule has 2 aromatic rings. The van der Waals surface area contributed by atoms with Gasteiger partial charge in [0.15, 0.2) is 5.78 Å². The molecular formula is C26H28N2O5. The van der Waals surface area contributed by atoms with Crippen LogP contribution in [0.2, 0.25) is 0 Å². The monoisotopic (exact) mass is 448 g/mol. The van der Waals surface area contributed by atoms with Gasteiger partial charge in [0, 0.05) is 13.0 Å². The van der Waals surface area contributed by atoms with Crippen LogP contribution in [-0.2, 0) is 16.0 Å². The molecule has 0 N–H and O–H groups in total. The van der Waals surface area contributed by atoms with Crippen molar-refractivity contribution in [2.75, 3.05) is 6.54 Å². The molecule has 7 heteroatoms. The van der Waals surface area contributed by atoms with E-state index in [1.165, 1.54) is 4.90 Å². The third kappa shape index (κ3) is 4.53. The maximum atomic E-state index is 13.9. The summed E-state index contributed by atoms with van der Waals surface area (Å²) in [5.74, 6) is -1.28. The first kappa shape index (κ1) is 22.7. The summed E-state index contributed by atoms with van der Waals surface area (Å²) in [5.41, 5.74) is 0.723. The zero-order valence-corrected chi connectivity index (χ0v) is 19.1. The first-order chi connectivity index (χ1) is 15.7. The number of Topliss-reactive ketones (excluding diaryl/α,β-unsaturated/α-hetero) is 1. The Kier molecular flexibility index (Phi) is 6.06. The summed E-state index contributed by atoms with van der Waals surface area (Å²) in [7, 11) is 0. The van der Waals surface area contributed by atoms with Gasteiger partial charge in [-0.15, -0.1) is 0 Å². The van der Waals surface area contributed by atoms with Crippen LogP contribution in [0.15, 0.2) is 54.6 Å². The van der Waals surface area contributed by atoms with Crippen molar-refractivity contribution in [1.82, 2.24) is 9.80 Å². The molecule has 2 aliphatic rings. The molecule has 2 heterocycles. The van der Waals surface area contributed by atoms with Crippen LogP contribution in [0, 0.1) is 0 Å². The van der Waals surface area contributed by atoms with E-state index in [-0.39, 0.29) is 12.2 Å². The SMILES string of the molecule is CC(C)(C)OC(=O)N1CCCC1C(=O)[C@H](Cc1ccccc1)N1C(=O)c2ccccc2C1=O. The molecule has 2 aromatic carbocycles. The molecule has 2 atom stereocenters. The summed E-state index contributed by atoms with van der Waals surface area (Å²) in [6, 6.07) is 14.1. The van der Waals surface area contributed by atoms with Crippen LogP contribution >= 0.6 is 0 Å². The molecule has 33 heavy (non-hydrogen) atoms. The van der Waals surface area contributed by atoms with Gasteiger partial charge in [-0.1, -0.05) is 42.5 Å². The minimum Gasteiger partial charge on any atom is -0.444 e. The van der Waals surface area contributed by atoms with E-state index in [4.69, 9.17) is 4.74 Å². The average molecular weight is 449 g/mol. The van der Waals surface area contributed by atoms with E-state index in [9.17, 15) is 19.2 Å². The Morgan fingerprint density at radius 3 is 2.12 bits per heavy atom. The van der Waals surface area contributed by atoms with Crippen LogP contribution in [0.25, 0.3) is 0 Å². The van der Waals surface area contributed by atoms with Gasteiger partial charge in [0.2, 0.25) is 0 Å². The maximum Gasteiger partial charge on any atom is 0.410 e. The number of carbonyl (C=O) groups is 4. The van der Waals surface area contributed by atoms with Gasteiger partial charge in [0.25, 0.3) is 11.8 Å². The Bertz CT molecular complexity index is 1050. The second kappa shape index (κ2) is 8.81. The normalized spacial score (nSPS) is 18.9. The fraction of sp³-hybridized carbons (Fsp3) is 0.385. The topological polar surface area (TPSA) is 84.0 Å². The van der Waals surface area contributed by atoms with E-state index in [2.05, 4.69) is 0 Å². The highest BCUT2D eigenvalue weighted by molar-refractivity contribution is 6.23. The number of ketones is 1. The molecule has 172 valence electrons. The summed E-state index contributed by atoms with van der Waals surface area (Å²) in [5, 5.41) is 0. The molecule has 0 spiro atoms. The van der Waals surface area contributed by atoms with E-state index in [1.807, 2.05) is 30.3 Å². The predicted octanol–water partition coefficient (Wildman–Crippen LogP) is 3.86. The van der Waals surface area contributed by atoms with Crippen LogP contribution in [0.1, 0.15) is 59.9 Å². The summed E-state index contributed by atoms with van der Waals surface area (Å²) >= 11 is 0. The molecule has 0 radical (unpaired) electrons. The Morgan fingerprint density at radius 1 is 0.970 bits per heavy atom. The number of hydrogen-bond acceptors (Lipinski definition) is 5.